The minimum Gasteiger partial charge on any atom is -0.481 e. The third-order valence-corrected chi connectivity index (χ3v) is 2.91. The molecule has 0 saturated heterocycles. The number of nitrogens with zero attached hydrogens (tertiary/aromatic N) is 1. The number of carbonyl (C=O) groups excluding carboxylic acids is 1. The molecule has 0 aliphatic heterocycles. The smallest absolute Gasteiger partial charge is 0.317 e. The second-order valence-corrected chi connectivity index (χ2v) is 4.63. The molecule has 0 radical (unpaired) electrons. The van der Waals surface area contributed by atoms with Crippen LogP contribution in [-0.4, -0.2) is 48.8 Å². The van der Waals surface area contributed by atoms with Gasteiger partial charge >= 0.3 is 12.0 Å². The first-order valence-corrected chi connectivity index (χ1v) is 6.91. The first-order chi connectivity index (χ1) is 10.1. The molecule has 0 aliphatic rings. The van der Waals surface area contributed by atoms with Crippen LogP contribution in [0.1, 0.15) is 18.4 Å². The molecule has 0 aromatic heterocycles. The third kappa shape index (κ3) is 7.31. The highest BCUT2D eigenvalue weighted by molar-refractivity contribution is 5.74. The molecule has 0 saturated carbocycles. The van der Waals surface area contributed by atoms with Crippen LogP contribution < -0.4 is 5.32 Å². The second kappa shape index (κ2) is 9.77. The summed E-state index contributed by atoms with van der Waals surface area (Å²) in [7, 11) is 1.59. The monoisotopic (exact) mass is 294 g/mol. The second-order valence-electron chi connectivity index (χ2n) is 4.63. The van der Waals surface area contributed by atoms with E-state index in [1.165, 1.54) is 0 Å². The average Bonchev–Trinajstić information content (AvgIpc) is 2.48. The molecule has 0 aliphatic carbocycles. The summed E-state index contributed by atoms with van der Waals surface area (Å²) in [6, 6.07) is 9.48. The van der Waals surface area contributed by atoms with E-state index in [0.717, 1.165) is 5.56 Å². The van der Waals surface area contributed by atoms with Crippen molar-refractivity contribution >= 4 is 12.0 Å². The summed E-state index contributed by atoms with van der Waals surface area (Å²) in [6.07, 6.45) is 0.474. The van der Waals surface area contributed by atoms with Crippen LogP contribution in [-0.2, 0) is 16.1 Å². The van der Waals surface area contributed by atoms with Crippen LogP contribution in [0.2, 0.25) is 0 Å². The van der Waals surface area contributed by atoms with Gasteiger partial charge in [-0.15, -0.1) is 0 Å². The molecule has 0 heterocycles. The molecule has 1 aromatic rings. The number of hydrogen-bond donors (Lipinski definition) is 2. The van der Waals surface area contributed by atoms with E-state index in [1.54, 1.807) is 12.0 Å². The molecular formula is C15H22N2O4. The van der Waals surface area contributed by atoms with Crippen molar-refractivity contribution in [1.82, 2.24) is 10.2 Å². The number of carbonyl (C=O) groups is 2. The number of amides is 2. The van der Waals surface area contributed by atoms with E-state index in [1.807, 2.05) is 30.3 Å². The maximum Gasteiger partial charge on any atom is 0.317 e. The molecule has 6 heteroatoms. The standard InChI is InChI=1S/C15H22N2O4/c1-21-11-10-17(12-13-6-3-2-4-7-13)15(20)16-9-5-8-14(18)19/h2-4,6-7H,5,8-12H2,1H3,(H,16,20)(H,18,19). The van der Waals surface area contributed by atoms with Crippen LogP contribution in [0.3, 0.4) is 0 Å². The molecule has 1 rings (SSSR count). The Hall–Kier alpha value is -2.08. The Balaban J connectivity index is 2.47. The Labute approximate surface area is 124 Å². The summed E-state index contributed by atoms with van der Waals surface area (Å²) in [5.74, 6) is -0.857. The number of urea groups is 1. The van der Waals surface area contributed by atoms with Crippen molar-refractivity contribution in [1.29, 1.82) is 0 Å². The van der Waals surface area contributed by atoms with Crippen LogP contribution in [0.15, 0.2) is 30.3 Å². The quantitative estimate of drug-likeness (QED) is 0.680. The maximum atomic E-state index is 12.1. The van der Waals surface area contributed by atoms with E-state index >= 15 is 0 Å². The summed E-state index contributed by atoms with van der Waals surface area (Å²) in [6.45, 7) is 1.78. The summed E-state index contributed by atoms with van der Waals surface area (Å²) in [4.78, 5) is 24.2. The van der Waals surface area contributed by atoms with Crippen LogP contribution in [0.25, 0.3) is 0 Å². The van der Waals surface area contributed by atoms with E-state index < -0.39 is 5.97 Å². The Morgan fingerprint density at radius 2 is 2.00 bits per heavy atom. The Morgan fingerprint density at radius 1 is 1.29 bits per heavy atom. The molecule has 0 spiro atoms. The van der Waals surface area contributed by atoms with Crippen LogP contribution in [0.4, 0.5) is 4.79 Å². The van der Waals surface area contributed by atoms with Gasteiger partial charge in [0.15, 0.2) is 0 Å². The van der Waals surface area contributed by atoms with Crippen LogP contribution >= 0.6 is 0 Å². The van der Waals surface area contributed by atoms with E-state index in [-0.39, 0.29) is 12.5 Å². The number of rotatable bonds is 9. The fourth-order valence-corrected chi connectivity index (χ4v) is 1.80. The highest BCUT2D eigenvalue weighted by Crippen LogP contribution is 2.04. The summed E-state index contributed by atoms with van der Waals surface area (Å²) < 4.78 is 5.02. The predicted octanol–water partition coefficient (Wildman–Crippen LogP) is 1.71. The number of nitrogens with one attached hydrogen (secondary N) is 1. The van der Waals surface area contributed by atoms with Gasteiger partial charge in [0.2, 0.25) is 0 Å². The SMILES string of the molecule is COCCN(Cc1ccccc1)C(=O)NCCCC(=O)O. The zero-order valence-corrected chi connectivity index (χ0v) is 12.2. The maximum absolute atomic E-state index is 12.1. The number of benzene rings is 1. The number of carboxylic acid groups (broad SMARTS) is 1. The predicted molar refractivity (Wildman–Crippen MR) is 79.0 cm³/mol. The number of aliphatic carboxylic acids is 1. The van der Waals surface area contributed by atoms with Gasteiger partial charge in [-0.2, -0.15) is 0 Å². The van der Waals surface area contributed by atoms with E-state index in [9.17, 15) is 9.59 Å². The molecule has 116 valence electrons. The van der Waals surface area contributed by atoms with Crippen molar-refractivity contribution in [3.8, 4) is 0 Å². The third-order valence-electron chi connectivity index (χ3n) is 2.91. The van der Waals surface area contributed by atoms with Crippen molar-refractivity contribution in [3.05, 3.63) is 35.9 Å². The summed E-state index contributed by atoms with van der Waals surface area (Å²) >= 11 is 0. The van der Waals surface area contributed by atoms with Crippen molar-refractivity contribution in [3.63, 3.8) is 0 Å². The summed E-state index contributed by atoms with van der Waals surface area (Å²) in [5, 5.41) is 11.3. The number of methoxy groups -OCH3 is 1. The van der Waals surface area contributed by atoms with E-state index in [2.05, 4.69) is 5.32 Å². The van der Waals surface area contributed by atoms with Gasteiger partial charge in [-0.05, 0) is 12.0 Å². The average molecular weight is 294 g/mol. The first kappa shape index (κ1) is 17.0. The first-order valence-electron chi connectivity index (χ1n) is 6.91. The van der Waals surface area contributed by atoms with Crippen molar-refractivity contribution in [2.45, 2.75) is 19.4 Å². The molecule has 2 amide bonds. The van der Waals surface area contributed by atoms with Gasteiger partial charge in [-0.3, -0.25) is 4.79 Å². The lowest BCUT2D eigenvalue weighted by molar-refractivity contribution is -0.137. The lowest BCUT2D eigenvalue weighted by Gasteiger charge is -2.23. The number of ether oxygens (including phenoxy) is 1. The van der Waals surface area contributed by atoms with Crippen molar-refractivity contribution in [2.24, 2.45) is 0 Å². The molecule has 2 N–H and O–H groups in total. The lowest BCUT2D eigenvalue weighted by Crippen LogP contribution is -2.41. The fraction of sp³-hybridized carbons (Fsp3) is 0.467. The normalized spacial score (nSPS) is 10.1. The van der Waals surface area contributed by atoms with Crippen LogP contribution in [0, 0.1) is 0 Å². The summed E-state index contributed by atoms with van der Waals surface area (Å²) in [5.41, 5.74) is 1.04. The minimum atomic E-state index is -0.857. The Morgan fingerprint density at radius 3 is 2.62 bits per heavy atom. The van der Waals surface area contributed by atoms with Gasteiger partial charge in [-0.1, -0.05) is 30.3 Å². The van der Waals surface area contributed by atoms with Crippen molar-refractivity contribution < 1.29 is 19.4 Å². The highest BCUT2D eigenvalue weighted by Gasteiger charge is 2.13. The Kier molecular flexibility index (Phi) is 7.89. The van der Waals surface area contributed by atoms with Gasteiger partial charge in [0.25, 0.3) is 0 Å². The lowest BCUT2D eigenvalue weighted by atomic mass is 10.2. The number of carboxylic acids is 1. The van der Waals surface area contributed by atoms with E-state index in [0.29, 0.717) is 32.7 Å². The van der Waals surface area contributed by atoms with Gasteiger partial charge in [0, 0.05) is 33.2 Å². The highest BCUT2D eigenvalue weighted by atomic mass is 16.5. The molecule has 0 unspecified atom stereocenters. The number of hydrogen-bond acceptors (Lipinski definition) is 3. The molecule has 1 aromatic carbocycles. The zero-order chi connectivity index (χ0) is 15.5. The van der Waals surface area contributed by atoms with Gasteiger partial charge in [0.05, 0.1) is 6.61 Å². The van der Waals surface area contributed by atoms with E-state index in [4.69, 9.17) is 9.84 Å². The molecule has 0 atom stereocenters. The largest absolute Gasteiger partial charge is 0.481 e. The zero-order valence-electron chi connectivity index (χ0n) is 12.2. The molecular weight excluding hydrogens is 272 g/mol. The van der Waals surface area contributed by atoms with Gasteiger partial charge in [-0.25, -0.2) is 4.79 Å². The Bertz CT molecular complexity index is 437. The van der Waals surface area contributed by atoms with Crippen LogP contribution in [0.5, 0.6) is 0 Å². The fourth-order valence-electron chi connectivity index (χ4n) is 1.80. The molecule has 21 heavy (non-hydrogen) atoms. The van der Waals surface area contributed by atoms with Crippen molar-refractivity contribution in [2.75, 3.05) is 26.8 Å². The van der Waals surface area contributed by atoms with Gasteiger partial charge < -0.3 is 20.1 Å². The minimum absolute atomic E-state index is 0.0526. The topological polar surface area (TPSA) is 78.9 Å². The van der Waals surface area contributed by atoms with Gasteiger partial charge in [0.1, 0.15) is 0 Å². The molecule has 0 fully saturated rings. The molecule has 0 bridgehead atoms. The molecule has 6 nitrogen and oxygen atoms in total.